The summed E-state index contributed by atoms with van der Waals surface area (Å²) < 4.78 is 23.1. The van der Waals surface area contributed by atoms with Crippen molar-refractivity contribution in [3.63, 3.8) is 0 Å². The van der Waals surface area contributed by atoms with Gasteiger partial charge in [-0.1, -0.05) is 276 Å². The number of likely N-dealkylation sites (N-methyl/N-ethyl adjacent to an activating group) is 1. The number of quaternary nitrogens is 1. The van der Waals surface area contributed by atoms with E-state index in [0.29, 0.717) is 17.4 Å². The fraction of sp³-hybridized carbons (Fsp3) is 0.946. The SMILES string of the molecule is CCCCCCC/C=C/C(O)C(COP(=O)([O-])OCC[N+](C)(C)C)NC(=O)CCCCCCCCCCCCCCCCCCCCCCCCCCCCCCCCCCCCCC. The highest BCUT2D eigenvalue weighted by molar-refractivity contribution is 7.45. The highest BCUT2D eigenvalue weighted by Crippen LogP contribution is 2.38. The lowest BCUT2D eigenvalue weighted by Crippen LogP contribution is -2.45. The van der Waals surface area contributed by atoms with E-state index in [0.717, 1.165) is 38.5 Å². The number of aliphatic hydroxyl groups excluding tert-OH is 1. The number of unbranched alkanes of at least 4 members (excludes halogenated alkanes) is 40. The van der Waals surface area contributed by atoms with Gasteiger partial charge in [-0.3, -0.25) is 9.36 Å². The van der Waals surface area contributed by atoms with Gasteiger partial charge in [0.15, 0.2) is 0 Å². The lowest BCUT2D eigenvalue weighted by atomic mass is 10.0. The smallest absolute Gasteiger partial charge is 0.268 e. The van der Waals surface area contributed by atoms with Crippen molar-refractivity contribution in [1.82, 2.24) is 5.32 Å². The molecule has 3 unspecified atom stereocenters. The largest absolute Gasteiger partial charge is 0.756 e. The Hall–Kier alpha value is -0.760. The van der Waals surface area contributed by atoms with Crippen molar-refractivity contribution in [3.05, 3.63) is 12.2 Å². The van der Waals surface area contributed by atoms with E-state index >= 15 is 0 Å². The molecule has 0 bridgehead atoms. The third kappa shape index (κ3) is 50.9. The number of phosphoric acid groups is 1. The first-order chi connectivity index (χ1) is 31.5. The van der Waals surface area contributed by atoms with E-state index in [1.165, 1.54) is 231 Å². The van der Waals surface area contributed by atoms with Crippen molar-refractivity contribution in [2.24, 2.45) is 0 Å². The van der Waals surface area contributed by atoms with E-state index in [-0.39, 0.29) is 19.1 Å². The highest BCUT2D eigenvalue weighted by atomic mass is 31.2. The Balaban J connectivity index is 3.74. The first kappa shape index (κ1) is 64.2. The number of hydrogen-bond donors (Lipinski definition) is 2. The van der Waals surface area contributed by atoms with Crippen LogP contribution >= 0.6 is 7.82 Å². The Kier molecular flexibility index (Phi) is 47.7. The zero-order valence-corrected chi connectivity index (χ0v) is 45.1. The number of amides is 1. The zero-order chi connectivity index (χ0) is 47.8. The molecule has 0 aromatic rings. The molecule has 0 saturated heterocycles. The van der Waals surface area contributed by atoms with Gasteiger partial charge in [-0.05, 0) is 19.3 Å². The fourth-order valence-corrected chi connectivity index (χ4v) is 9.47. The molecule has 0 spiro atoms. The first-order valence-electron chi connectivity index (χ1n) is 28.6. The molecule has 0 aliphatic heterocycles. The molecule has 9 heteroatoms. The first-order valence-corrected chi connectivity index (χ1v) is 30.0. The number of allylic oxidation sites excluding steroid dienone is 1. The number of nitrogens with zero attached hydrogens (tertiary/aromatic N) is 1. The molecule has 0 aromatic heterocycles. The maximum absolute atomic E-state index is 12.8. The Morgan fingerprint density at radius 1 is 0.523 bits per heavy atom. The van der Waals surface area contributed by atoms with Crippen LogP contribution in [-0.4, -0.2) is 68.5 Å². The van der Waals surface area contributed by atoms with Gasteiger partial charge in [0, 0.05) is 6.42 Å². The number of carbonyl (C=O) groups is 1. The summed E-state index contributed by atoms with van der Waals surface area (Å²) in [7, 11) is 1.27. The van der Waals surface area contributed by atoms with Crippen LogP contribution in [0.3, 0.4) is 0 Å². The molecular weight excluding hydrogens is 828 g/mol. The van der Waals surface area contributed by atoms with Gasteiger partial charge in [0.25, 0.3) is 7.82 Å². The normalized spacial score (nSPS) is 14.0. The van der Waals surface area contributed by atoms with Crippen molar-refractivity contribution < 1.29 is 32.9 Å². The van der Waals surface area contributed by atoms with Crippen LogP contribution in [0.4, 0.5) is 0 Å². The summed E-state index contributed by atoms with van der Waals surface area (Å²) in [5.74, 6) is -0.196. The van der Waals surface area contributed by atoms with E-state index in [9.17, 15) is 19.4 Å². The average Bonchev–Trinajstić information content (AvgIpc) is 3.26. The molecule has 0 heterocycles. The van der Waals surface area contributed by atoms with Crippen LogP contribution in [0.15, 0.2) is 12.2 Å². The Morgan fingerprint density at radius 2 is 0.831 bits per heavy atom. The molecule has 1 amide bonds. The molecule has 0 rings (SSSR count). The Labute approximate surface area is 405 Å². The van der Waals surface area contributed by atoms with Crippen molar-refractivity contribution in [2.75, 3.05) is 40.9 Å². The van der Waals surface area contributed by atoms with Gasteiger partial charge in [0.05, 0.1) is 39.9 Å². The lowest BCUT2D eigenvalue weighted by molar-refractivity contribution is -0.870. The average molecular weight is 942 g/mol. The third-order valence-corrected chi connectivity index (χ3v) is 14.2. The molecule has 0 fully saturated rings. The lowest BCUT2D eigenvalue weighted by Gasteiger charge is -2.29. The van der Waals surface area contributed by atoms with Gasteiger partial charge in [0.2, 0.25) is 5.91 Å². The summed E-state index contributed by atoms with van der Waals surface area (Å²) in [5.41, 5.74) is 0. The molecule has 0 aromatic carbocycles. The summed E-state index contributed by atoms with van der Waals surface area (Å²) in [4.78, 5) is 25.3. The van der Waals surface area contributed by atoms with Crippen molar-refractivity contribution in [1.29, 1.82) is 0 Å². The summed E-state index contributed by atoms with van der Waals surface area (Å²) in [6.45, 7) is 4.62. The number of rotatable bonds is 53. The number of carbonyl (C=O) groups excluding carboxylic acids is 1. The summed E-state index contributed by atoms with van der Waals surface area (Å²) in [6.07, 6.45) is 59.2. The van der Waals surface area contributed by atoms with Crippen LogP contribution in [-0.2, 0) is 18.4 Å². The minimum atomic E-state index is -4.58. The Bertz CT molecular complexity index is 1070. The van der Waals surface area contributed by atoms with Crippen LogP contribution in [0.25, 0.3) is 0 Å². The molecular formula is C56H113N2O6P. The van der Waals surface area contributed by atoms with Crippen LogP contribution in [0.1, 0.15) is 290 Å². The van der Waals surface area contributed by atoms with E-state index in [2.05, 4.69) is 19.2 Å². The zero-order valence-electron chi connectivity index (χ0n) is 44.2. The maximum Gasteiger partial charge on any atom is 0.268 e. The van der Waals surface area contributed by atoms with Crippen LogP contribution in [0, 0.1) is 0 Å². The molecule has 0 aliphatic rings. The molecule has 65 heavy (non-hydrogen) atoms. The van der Waals surface area contributed by atoms with Crippen LogP contribution in [0.2, 0.25) is 0 Å². The molecule has 3 atom stereocenters. The van der Waals surface area contributed by atoms with Crippen molar-refractivity contribution in [2.45, 2.75) is 302 Å². The molecule has 388 valence electrons. The monoisotopic (exact) mass is 941 g/mol. The topological polar surface area (TPSA) is 108 Å². The van der Waals surface area contributed by atoms with E-state index < -0.39 is 20.0 Å². The van der Waals surface area contributed by atoms with Crippen LogP contribution < -0.4 is 10.2 Å². The summed E-state index contributed by atoms with van der Waals surface area (Å²) in [6, 6.07) is -0.879. The van der Waals surface area contributed by atoms with Gasteiger partial charge in [-0.15, -0.1) is 0 Å². The van der Waals surface area contributed by atoms with Crippen molar-refractivity contribution >= 4 is 13.7 Å². The summed E-state index contributed by atoms with van der Waals surface area (Å²) in [5, 5.41) is 13.7. The number of nitrogens with one attached hydrogen (secondary N) is 1. The number of aliphatic hydroxyl groups is 1. The fourth-order valence-electron chi connectivity index (χ4n) is 8.74. The van der Waals surface area contributed by atoms with Crippen molar-refractivity contribution in [3.8, 4) is 0 Å². The van der Waals surface area contributed by atoms with Gasteiger partial charge in [-0.2, -0.15) is 0 Å². The van der Waals surface area contributed by atoms with Gasteiger partial charge in [0.1, 0.15) is 13.2 Å². The van der Waals surface area contributed by atoms with Gasteiger partial charge >= 0.3 is 0 Å². The second kappa shape index (κ2) is 48.3. The number of phosphoric ester groups is 1. The minimum absolute atomic E-state index is 0.00154. The second-order valence-corrected chi connectivity index (χ2v) is 22.4. The van der Waals surface area contributed by atoms with Gasteiger partial charge < -0.3 is 28.8 Å². The standard InChI is InChI=1S/C56H113N2O6P/c1-6-8-10-12-14-15-16-17-18-19-20-21-22-23-24-25-26-27-28-29-30-31-32-33-34-35-36-37-38-39-40-41-42-44-46-48-50-56(60)57-54(55(59)49-47-45-43-13-11-9-7-2)53-64-65(61,62)63-52-51-58(3,4)5/h47,49,54-55,59H,6-46,48,50-53H2,1-5H3,(H-,57,60,61,62)/b49-47+. The molecule has 8 nitrogen and oxygen atoms in total. The van der Waals surface area contributed by atoms with E-state index in [4.69, 9.17) is 9.05 Å². The quantitative estimate of drug-likeness (QED) is 0.0272. The molecule has 0 radical (unpaired) electrons. The third-order valence-electron chi connectivity index (χ3n) is 13.2. The van der Waals surface area contributed by atoms with Gasteiger partial charge in [-0.25, -0.2) is 0 Å². The minimum Gasteiger partial charge on any atom is -0.756 e. The summed E-state index contributed by atoms with van der Waals surface area (Å²) >= 11 is 0. The maximum atomic E-state index is 12.8. The molecule has 0 saturated carbocycles. The highest BCUT2D eigenvalue weighted by Gasteiger charge is 2.23. The molecule has 2 N–H and O–H groups in total. The van der Waals surface area contributed by atoms with E-state index in [1.54, 1.807) is 6.08 Å². The number of hydrogen-bond acceptors (Lipinski definition) is 6. The molecule has 0 aliphatic carbocycles. The van der Waals surface area contributed by atoms with E-state index in [1.807, 2.05) is 27.2 Å². The Morgan fingerprint density at radius 3 is 1.15 bits per heavy atom. The van der Waals surface area contributed by atoms with Crippen LogP contribution in [0.5, 0.6) is 0 Å². The predicted octanol–water partition coefficient (Wildman–Crippen LogP) is 16.4. The predicted molar refractivity (Wildman–Crippen MR) is 279 cm³/mol. The second-order valence-electron chi connectivity index (χ2n) is 21.0.